The lowest BCUT2D eigenvalue weighted by atomic mass is 10.2. The van der Waals surface area contributed by atoms with Crippen molar-refractivity contribution in [2.75, 3.05) is 13.1 Å². The molecule has 2 aromatic rings. The van der Waals surface area contributed by atoms with Gasteiger partial charge in [0.25, 0.3) is 0 Å². The van der Waals surface area contributed by atoms with Crippen LogP contribution in [0.4, 0.5) is 0 Å². The first-order chi connectivity index (χ1) is 11.6. The lowest BCUT2D eigenvalue weighted by Gasteiger charge is -2.15. The first-order valence-electron chi connectivity index (χ1n) is 7.61. The van der Waals surface area contributed by atoms with Gasteiger partial charge in [0.15, 0.2) is 0 Å². The summed E-state index contributed by atoms with van der Waals surface area (Å²) in [5, 5.41) is 0.679. The predicted molar refractivity (Wildman–Crippen MR) is 98.0 cm³/mol. The Morgan fingerprint density at radius 1 is 1.33 bits per heavy atom. The van der Waals surface area contributed by atoms with Crippen molar-refractivity contribution < 1.29 is 9.53 Å². The normalized spacial score (nSPS) is 17.4. The number of hydrogen-bond donors (Lipinski definition) is 0. The molecule has 1 amide bonds. The van der Waals surface area contributed by atoms with Crippen molar-refractivity contribution in [3.63, 3.8) is 0 Å². The standard InChI is InChI=1S/C18H16BrClN2O2/c19-16-2-1-10-21-18(16)24-15-9-11-22(12-15)17(23)8-5-13-3-6-14(20)7-4-13/h1-8,10,15H,9,11-12H2/b8-5+. The van der Waals surface area contributed by atoms with Crippen LogP contribution >= 0.6 is 27.5 Å². The van der Waals surface area contributed by atoms with E-state index in [0.717, 1.165) is 16.5 Å². The van der Waals surface area contributed by atoms with E-state index in [1.165, 1.54) is 0 Å². The lowest BCUT2D eigenvalue weighted by Crippen LogP contribution is -2.29. The number of likely N-dealkylation sites (tertiary alicyclic amines) is 1. The van der Waals surface area contributed by atoms with Gasteiger partial charge in [-0.1, -0.05) is 23.7 Å². The second kappa shape index (κ2) is 7.81. The SMILES string of the molecule is O=C(/C=C/c1ccc(Cl)cc1)N1CCC(Oc2ncccc2Br)C1. The summed E-state index contributed by atoms with van der Waals surface area (Å²) in [5.41, 5.74) is 0.942. The van der Waals surface area contributed by atoms with Crippen LogP contribution in [0, 0.1) is 0 Å². The van der Waals surface area contributed by atoms with E-state index in [4.69, 9.17) is 16.3 Å². The highest BCUT2D eigenvalue weighted by atomic mass is 79.9. The summed E-state index contributed by atoms with van der Waals surface area (Å²) >= 11 is 9.26. The van der Waals surface area contributed by atoms with Gasteiger partial charge in [0, 0.05) is 30.3 Å². The Balaban J connectivity index is 1.56. The van der Waals surface area contributed by atoms with Crippen molar-refractivity contribution in [3.05, 3.63) is 63.7 Å². The predicted octanol–water partition coefficient (Wildman–Crippen LogP) is 4.19. The number of ether oxygens (including phenoxy) is 1. The van der Waals surface area contributed by atoms with Crippen molar-refractivity contribution in [2.24, 2.45) is 0 Å². The average Bonchev–Trinajstić information content (AvgIpc) is 3.05. The molecule has 1 fully saturated rings. The fraction of sp³-hybridized carbons (Fsp3) is 0.222. The van der Waals surface area contributed by atoms with Crippen LogP contribution in [0.25, 0.3) is 6.08 Å². The van der Waals surface area contributed by atoms with Gasteiger partial charge in [0.2, 0.25) is 11.8 Å². The second-order valence-corrected chi connectivity index (χ2v) is 6.78. The smallest absolute Gasteiger partial charge is 0.246 e. The van der Waals surface area contributed by atoms with Gasteiger partial charge >= 0.3 is 0 Å². The molecule has 1 atom stereocenters. The summed E-state index contributed by atoms with van der Waals surface area (Å²) in [4.78, 5) is 18.3. The van der Waals surface area contributed by atoms with Gasteiger partial charge in [-0.15, -0.1) is 0 Å². The molecule has 24 heavy (non-hydrogen) atoms. The number of carbonyl (C=O) groups excluding carboxylic acids is 1. The molecule has 1 aromatic heterocycles. The number of pyridine rings is 1. The number of aromatic nitrogens is 1. The molecular weight excluding hydrogens is 392 g/mol. The van der Waals surface area contributed by atoms with Crippen molar-refractivity contribution in [2.45, 2.75) is 12.5 Å². The van der Waals surface area contributed by atoms with E-state index in [9.17, 15) is 4.79 Å². The fourth-order valence-electron chi connectivity index (χ4n) is 2.49. The molecule has 0 saturated carbocycles. The maximum atomic E-state index is 12.3. The van der Waals surface area contributed by atoms with Crippen molar-refractivity contribution >= 4 is 39.5 Å². The average molecular weight is 408 g/mol. The van der Waals surface area contributed by atoms with E-state index in [-0.39, 0.29) is 12.0 Å². The largest absolute Gasteiger partial charge is 0.472 e. The lowest BCUT2D eigenvalue weighted by molar-refractivity contribution is -0.125. The highest BCUT2D eigenvalue weighted by molar-refractivity contribution is 9.10. The highest BCUT2D eigenvalue weighted by Crippen LogP contribution is 2.24. The van der Waals surface area contributed by atoms with Crippen LogP contribution in [0.3, 0.4) is 0 Å². The summed E-state index contributed by atoms with van der Waals surface area (Å²) in [6.45, 7) is 1.24. The van der Waals surface area contributed by atoms with Crippen LogP contribution in [0.1, 0.15) is 12.0 Å². The summed E-state index contributed by atoms with van der Waals surface area (Å²) in [5.74, 6) is 0.546. The van der Waals surface area contributed by atoms with Crippen LogP contribution in [0.5, 0.6) is 5.88 Å². The molecule has 0 bridgehead atoms. The highest BCUT2D eigenvalue weighted by Gasteiger charge is 2.27. The van der Waals surface area contributed by atoms with E-state index in [1.807, 2.05) is 24.3 Å². The minimum atomic E-state index is -0.0379. The van der Waals surface area contributed by atoms with Gasteiger partial charge in [-0.05, 0) is 51.8 Å². The number of rotatable bonds is 4. The Kier molecular flexibility index (Phi) is 5.53. The number of nitrogens with zero attached hydrogens (tertiary/aromatic N) is 2. The summed E-state index contributed by atoms with van der Waals surface area (Å²) < 4.78 is 6.69. The zero-order valence-corrected chi connectivity index (χ0v) is 15.2. The molecule has 0 N–H and O–H groups in total. The molecule has 1 saturated heterocycles. The number of hydrogen-bond acceptors (Lipinski definition) is 3. The van der Waals surface area contributed by atoms with Gasteiger partial charge in [-0.3, -0.25) is 4.79 Å². The van der Waals surface area contributed by atoms with Crippen LogP contribution in [0.15, 0.2) is 53.1 Å². The Bertz CT molecular complexity index is 749. The fourth-order valence-corrected chi connectivity index (χ4v) is 2.96. The molecule has 0 spiro atoms. The third-order valence-electron chi connectivity index (χ3n) is 3.75. The third kappa shape index (κ3) is 4.36. The van der Waals surface area contributed by atoms with Gasteiger partial charge in [0.05, 0.1) is 11.0 Å². The first-order valence-corrected chi connectivity index (χ1v) is 8.78. The van der Waals surface area contributed by atoms with Crippen LogP contribution in [-0.4, -0.2) is 35.0 Å². The van der Waals surface area contributed by atoms with E-state index >= 15 is 0 Å². The molecule has 0 radical (unpaired) electrons. The van der Waals surface area contributed by atoms with Gasteiger partial charge in [-0.2, -0.15) is 0 Å². The maximum Gasteiger partial charge on any atom is 0.246 e. The van der Waals surface area contributed by atoms with Gasteiger partial charge in [-0.25, -0.2) is 4.98 Å². The van der Waals surface area contributed by atoms with Crippen molar-refractivity contribution in [3.8, 4) is 5.88 Å². The molecule has 1 aliphatic rings. The van der Waals surface area contributed by atoms with E-state index in [2.05, 4.69) is 20.9 Å². The molecule has 0 aliphatic carbocycles. The number of amides is 1. The van der Waals surface area contributed by atoms with Crippen LogP contribution < -0.4 is 4.74 Å². The van der Waals surface area contributed by atoms with Crippen LogP contribution in [0.2, 0.25) is 5.02 Å². The Hall–Kier alpha value is -1.85. The number of halogens is 2. The van der Waals surface area contributed by atoms with Gasteiger partial charge < -0.3 is 9.64 Å². The molecule has 1 aliphatic heterocycles. The topological polar surface area (TPSA) is 42.4 Å². The Morgan fingerprint density at radius 3 is 2.88 bits per heavy atom. The van der Waals surface area contributed by atoms with E-state index in [0.29, 0.717) is 24.0 Å². The third-order valence-corrected chi connectivity index (χ3v) is 4.60. The van der Waals surface area contributed by atoms with Crippen molar-refractivity contribution in [1.82, 2.24) is 9.88 Å². The molecule has 3 rings (SSSR count). The molecule has 1 aromatic carbocycles. The molecule has 6 heteroatoms. The molecular formula is C18H16BrClN2O2. The summed E-state index contributed by atoms with van der Waals surface area (Å²) in [6, 6.07) is 11.1. The van der Waals surface area contributed by atoms with Crippen molar-refractivity contribution in [1.29, 1.82) is 0 Å². The molecule has 1 unspecified atom stereocenters. The zero-order chi connectivity index (χ0) is 16.9. The minimum absolute atomic E-state index is 0.0175. The van der Waals surface area contributed by atoms with E-state index < -0.39 is 0 Å². The Morgan fingerprint density at radius 2 is 2.12 bits per heavy atom. The quantitative estimate of drug-likeness (QED) is 0.714. The second-order valence-electron chi connectivity index (χ2n) is 5.49. The molecule has 124 valence electrons. The summed E-state index contributed by atoms with van der Waals surface area (Å²) in [6.07, 6.45) is 5.82. The van der Waals surface area contributed by atoms with Gasteiger partial charge in [0.1, 0.15) is 6.10 Å². The van der Waals surface area contributed by atoms with E-state index in [1.54, 1.807) is 35.4 Å². The van der Waals surface area contributed by atoms with Crippen LogP contribution in [-0.2, 0) is 4.79 Å². The molecule has 4 nitrogen and oxygen atoms in total. The zero-order valence-electron chi connectivity index (χ0n) is 12.9. The first kappa shape index (κ1) is 17.0. The Labute approximate surface area is 154 Å². The monoisotopic (exact) mass is 406 g/mol. The minimum Gasteiger partial charge on any atom is -0.472 e. The number of carbonyl (C=O) groups is 1. The number of benzene rings is 1. The maximum absolute atomic E-state index is 12.3. The molecule has 2 heterocycles. The summed E-state index contributed by atoms with van der Waals surface area (Å²) in [7, 11) is 0.